The Balaban J connectivity index is 2.98. The number of aliphatic hydroxyl groups excluding tert-OH is 1. The number of nitrogens with one attached hydrogen (secondary N) is 5. The van der Waals surface area contributed by atoms with E-state index in [0.29, 0.717) is 5.69 Å². The molecule has 0 bridgehead atoms. The molecule has 1 fully saturated rings. The fraction of sp³-hybridized carbons (Fsp3) is 0.704. The molecule has 7 N–H and O–H groups in total. The zero-order chi connectivity index (χ0) is 75.4. The Hall–Kier alpha value is -7.97. The van der Waals surface area contributed by atoms with Crippen LogP contribution in [0.1, 0.15) is 168 Å². The zero-order valence-corrected chi connectivity index (χ0v) is 62.8. The molecule has 552 valence electrons. The van der Waals surface area contributed by atoms with Crippen LogP contribution in [0.4, 0.5) is 5.69 Å². The maximum atomic E-state index is 15.4. The van der Waals surface area contributed by atoms with Crippen LogP contribution in [0, 0.1) is 41.4 Å². The molecular weight excluding hydrogens is 1260 g/mol. The first-order valence-corrected chi connectivity index (χ1v) is 34.4. The summed E-state index contributed by atoms with van der Waals surface area (Å²) in [5.41, 5.74) is 1.90. The number of rotatable bonds is 19. The zero-order valence-electron chi connectivity index (χ0n) is 62.8. The summed E-state index contributed by atoms with van der Waals surface area (Å²) >= 11 is 0. The average Bonchev–Trinajstić information content (AvgIpc) is 0.801. The van der Waals surface area contributed by atoms with E-state index < -0.39 is 174 Å². The molecule has 0 spiro atoms. The van der Waals surface area contributed by atoms with Crippen molar-refractivity contribution in [3.63, 3.8) is 0 Å². The maximum Gasteiger partial charge on any atom is 0.303 e. The second-order valence-electron chi connectivity index (χ2n) is 29.0. The fourth-order valence-corrected chi connectivity index (χ4v) is 12.1. The summed E-state index contributed by atoms with van der Waals surface area (Å²) in [7, 11) is 9.72. The van der Waals surface area contributed by atoms with Gasteiger partial charge in [0, 0.05) is 61.4 Å². The van der Waals surface area contributed by atoms with E-state index in [1.807, 2.05) is 54.5 Å². The van der Waals surface area contributed by atoms with Gasteiger partial charge in [-0.15, -0.1) is 0 Å². The van der Waals surface area contributed by atoms with Crippen molar-refractivity contribution in [3.8, 4) is 0 Å². The van der Waals surface area contributed by atoms with E-state index in [1.165, 1.54) is 87.7 Å². The van der Waals surface area contributed by atoms with Crippen molar-refractivity contribution in [2.75, 3.05) is 61.2 Å². The molecule has 1 aromatic rings. The van der Waals surface area contributed by atoms with Crippen molar-refractivity contribution in [3.05, 3.63) is 35.9 Å². The van der Waals surface area contributed by atoms with Gasteiger partial charge in [0.1, 0.15) is 60.4 Å². The van der Waals surface area contributed by atoms with Crippen molar-refractivity contribution in [2.45, 2.75) is 229 Å². The van der Waals surface area contributed by atoms with Crippen LogP contribution in [0.3, 0.4) is 0 Å². The van der Waals surface area contributed by atoms with Gasteiger partial charge in [-0.25, -0.2) is 0 Å². The molecule has 27 heteroatoms. The number of nitrogens with zero attached hydrogens (tertiary/aromatic N) is 7. The summed E-state index contributed by atoms with van der Waals surface area (Å²) in [5.74, 6) is -12.6. The van der Waals surface area contributed by atoms with Gasteiger partial charge in [-0.1, -0.05) is 115 Å². The number of hydrogen-bond acceptors (Lipinski definition) is 14. The van der Waals surface area contributed by atoms with Crippen LogP contribution in [-0.4, -0.2) is 244 Å². The Kier molecular flexibility index (Phi) is 34.3. The molecule has 0 radical (unpaired) electrons. The molecule has 0 aromatic heterocycles. The van der Waals surface area contributed by atoms with Crippen LogP contribution >= 0.6 is 0 Å². The number of benzene rings is 1. The molecule has 1 saturated heterocycles. The van der Waals surface area contributed by atoms with Gasteiger partial charge in [-0.05, 0) is 118 Å². The van der Waals surface area contributed by atoms with Crippen molar-refractivity contribution in [2.24, 2.45) is 41.4 Å². The molecule has 1 heterocycles. The lowest BCUT2D eigenvalue weighted by atomic mass is 9.90. The van der Waals surface area contributed by atoms with Crippen LogP contribution in [0.25, 0.3) is 5.57 Å². The Morgan fingerprint density at radius 3 is 1.45 bits per heavy atom. The van der Waals surface area contributed by atoms with Crippen molar-refractivity contribution in [1.82, 2.24) is 55.6 Å². The van der Waals surface area contributed by atoms with Gasteiger partial charge in [0.2, 0.25) is 70.9 Å². The fourth-order valence-electron chi connectivity index (χ4n) is 12.1. The number of carboxylic acids is 1. The van der Waals surface area contributed by atoms with E-state index >= 15 is 19.2 Å². The smallest absolute Gasteiger partial charge is 0.303 e. The molecule has 1 aliphatic heterocycles. The number of allylic oxidation sites excluding steroid dienone is 2. The lowest BCUT2D eigenvalue weighted by molar-refractivity contribution is -0.158. The summed E-state index contributed by atoms with van der Waals surface area (Å²) in [6.07, 6.45) is 0.0703. The highest BCUT2D eigenvalue weighted by molar-refractivity contribution is 6.00. The number of amides is 12. The van der Waals surface area contributed by atoms with Crippen LogP contribution in [0.5, 0.6) is 0 Å². The number of aliphatic carboxylic acids is 1. The SMILES string of the molecule is CC[C@@H]1NC(=O)C([C@H](O)[C@H](C)C/C=C(/C)c2ccc(NC(=O)CCC(=O)O)cc2)N(C)C(=O)C(C(C)C)N(C)C(=O)[C@H](CC(C)C)N(C)C(=O)C(C(C)C)N(C)C(=O)[C@H](C)NC(=O)[C@H](C)NC(=O)[C@H](CC(C)C)N(C)C(=O)[C@H](C(C)C)NC(=O)[C@H](CC(C)C)N(C)C(=O)CN(C)C1=O. The van der Waals surface area contributed by atoms with E-state index in [-0.39, 0.29) is 62.7 Å². The van der Waals surface area contributed by atoms with Crippen LogP contribution in [-0.2, 0) is 62.3 Å². The van der Waals surface area contributed by atoms with Gasteiger partial charge in [-0.3, -0.25) is 62.3 Å². The summed E-state index contributed by atoms with van der Waals surface area (Å²) in [6.45, 7) is 28.7. The second-order valence-corrected chi connectivity index (χ2v) is 29.0. The lowest BCUT2D eigenvalue weighted by Crippen LogP contribution is -2.63. The molecule has 12 amide bonds. The van der Waals surface area contributed by atoms with E-state index in [4.69, 9.17) is 5.11 Å². The number of carboxylic acid groups (broad SMARTS) is 1. The third kappa shape index (κ3) is 24.2. The Labute approximate surface area is 581 Å². The van der Waals surface area contributed by atoms with Gasteiger partial charge < -0.3 is 71.1 Å². The summed E-state index contributed by atoms with van der Waals surface area (Å²) in [5, 5.41) is 35.2. The highest BCUT2D eigenvalue weighted by Crippen LogP contribution is 2.27. The first-order valence-electron chi connectivity index (χ1n) is 34.4. The van der Waals surface area contributed by atoms with E-state index in [0.717, 1.165) is 20.9 Å². The molecule has 2 rings (SSSR count). The first-order chi connectivity index (χ1) is 45.3. The van der Waals surface area contributed by atoms with Crippen molar-refractivity contribution < 1.29 is 72.5 Å². The van der Waals surface area contributed by atoms with Gasteiger partial charge in [0.25, 0.3) is 0 Å². The Morgan fingerprint density at radius 2 is 0.969 bits per heavy atom. The monoisotopic (exact) mass is 1380 g/mol. The van der Waals surface area contributed by atoms with E-state index in [1.54, 1.807) is 79.7 Å². The largest absolute Gasteiger partial charge is 0.481 e. The molecule has 1 aliphatic rings. The molecular formula is C71H118N12O15. The minimum atomic E-state index is -1.74. The molecule has 12 atom stereocenters. The average molecular weight is 1380 g/mol. The number of carbonyl (C=O) groups is 13. The number of aliphatic hydroxyl groups is 1. The normalized spacial score (nSPS) is 24.9. The van der Waals surface area contributed by atoms with Gasteiger partial charge >= 0.3 is 5.97 Å². The van der Waals surface area contributed by atoms with Crippen LogP contribution in [0.15, 0.2) is 30.3 Å². The molecule has 27 nitrogen and oxygen atoms in total. The topological polar surface area (TPSA) is 345 Å². The van der Waals surface area contributed by atoms with Gasteiger partial charge in [0.05, 0.1) is 19.1 Å². The van der Waals surface area contributed by atoms with Crippen LogP contribution < -0.4 is 26.6 Å². The quantitative estimate of drug-likeness (QED) is 0.102. The highest BCUT2D eigenvalue weighted by atomic mass is 16.4. The van der Waals surface area contributed by atoms with Crippen LogP contribution in [0.2, 0.25) is 0 Å². The second kappa shape index (κ2) is 39.0. The number of carbonyl (C=O) groups excluding carboxylic acids is 12. The molecule has 0 aliphatic carbocycles. The minimum Gasteiger partial charge on any atom is -0.481 e. The number of hydrogen-bond donors (Lipinski definition) is 7. The third-order valence-electron chi connectivity index (χ3n) is 18.2. The highest BCUT2D eigenvalue weighted by Gasteiger charge is 2.46. The molecule has 98 heavy (non-hydrogen) atoms. The Bertz CT molecular complexity index is 2990. The van der Waals surface area contributed by atoms with E-state index in [2.05, 4.69) is 26.6 Å². The first kappa shape index (κ1) is 86.1. The molecule has 0 saturated carbocycles. The lowest BCUT2D eigenvalue weighted by Gasteiger charge is -2.42. The van der Waals surface area contributed by atoms with Gasteiger partial charge in [-0.2, -0.15) is 0 Å². The third-order valence-corrected chi connectivity index (χ3v) is 18.2. The molecule has 1 aromatic carbocycles. The maximum absolute atomic E-state index is 15.4. The Morgan fingerprint density at radius 1 is 0.520 bits per heavy atom. The predicted molar refractivity (Wildman–Crippen MR) is 375 cm³/mol. The van der Waals surface area contributed by atoms with E-state index in [9.17, 15) is 48.3 Å². The number of anilines is 1. The minimum absolute atomic E-state index is 0.0388. The standard InChI is InChI=1S/C71H118N12O15/c1-25-50-67(94)77(18)37-55(85)78(19)51(34-38(2)3)64(91)76-57(41(8)9)69(96)79(20)52(35-39(4)5)63(90)72-46(16)62(89)73-47(17)66(93)81(22)58(42(10)11)70(97)80(21)53(36-40(6)7)68(95)82(23)59(43(12)13)71(98)83(24)60(65(92)75-50)61(88)45(15)27-26-44(14)48-28-30-49(31-29-48)74-54(84)32-33-56(86)87/h26,28-31,38-43,45-47,50-53,57-61,88H,25,27,32-37H2,1-24H3,(H,72,90)(H,73,89)(H,74,84)(H,75,92)(H,76,91)(H,86,87)/b44-26-/t45-,46+,47+,50+,51+,52+,53+,57+,58?,59?,60?,61-/m1/s1. The summed E-state index contributed by atoms with van der Waals surface area (Å²) in [4.78, 5) is 193. The summed E-state index contributed by atoms with van der Waals surface area (Å²) < 4.78 is 0. The van der Waals surface area contributed by atoms with Gasteiger partial charge in [0.15, 0.2) is 0 Å². The molecule has 3 unspecified atom stereocenters. The predicted octanol–water partition coefficient (Wildman–Crippen LogP) is 4.21. The van der Waals surface area contributed by atoms with Crippen molar-refractivity contribution in [1.29, 1.82) is 0 Å². The summed E-state index contributed by atoms with van der Waals surface area (Å²) in [6, 6.07) is -6.13. The van der Waals surface area contributed by atoms with Crippen molar-refractivity contribution >= 4 is 88.1 Å². The number of likely N-dealkylation sites (N-methyl/N-ethyl adjacent to an activating group) is 7.